The van der Waals surface area contributed by atoms with Crippen LogP contribution in [-0.4, -0.2) is 38.9 Å². The van der Waals surface area contributed by atoms with Gasteiger partial charge in [-0.05, 0) is 78.1 Å². The smallest absolute Gasteiger partial charge is 0.300 e. The number of hydrogen-bond acceptors (Lipinski definition) is 5. The van der Waals surface area contributed by atoms with Gasteiger partial charge in [-0.1, -0.05) is 26.0 Å². The van der Waals surface area contributed by atoms with E-state index in [1.54, 1.807) is 12.1 Å². The maximum Gasteiger partial charge on any atom is 0.300 e. The minimum absolute atomic E-state index is 0.0220. The van der Waals surface area contributed by atoms with E-state index in [1.165, 1.54) is 28.3 Å². The first-order valence-electron chi connectivity index (χ1n) is 11.7. The predicted molar refractivity (Wildman–Crippen MR) is 134 cm³/mol. The average molecular weight is 467 g/mol. The van der Waals surface area contributed by atoms with E-state index in [-0.39, 0.29) is 11.3 Å². The number of rotatable bonds is 6. The van der Waals surface area contributed by atoms with Crippen LogP contribution in [0.4, 0.5) is 0 Å². The second kappa shape index (κ2) is 10.8. The molecule has 2 aromatic carbocycles. The predicted octanol–water partition coefficient (Wildman–Crippen LogP) is 3.55. The van der Waals surface area contributed by atoms with Gasteiger partial charge in [0.2, 0.25) is 5.56 Å². The number of aromatic hydroxyl groups is 1. The van der Waals surface area contributed by atoms with Gasteiger partial charge in [0.1, 0.15) is 5.75 Å². The van der Waals surface area contributed by atoms with Crippen LogP contribution in [0.3, 0.4) is 0 Å². The molecule has 0 spiro atoms. The number of pyridine rings is 1. The zero-order chi connectivity index (χ0) is 25.0. The number of hydrogen-bond donors (Lipinski definition) is 5. The van der Waals surface area contributed by atoms with Gasteiger partial charge in [0.05, 0.1) is 11.6 Å². The normalized spacial score (nSPS) is 13.9. The third-order valence-corrected chi connectivity index (χ3v) is 6.39. The number of H-pyrrole nitrogens is 1. The number of nitrogens with one attached hydrogen (secondary N) is 2. The molecule has 5 N–H and O–H groups in total. The summed E-state index contributed by atoms with van der Waals surface area (Å²) in [7, 11) is 0. The highest BCUT2D eigenvalue weighted by Crippen LogP contribution is 2.32. The molecule has 182 valence electrons. The Morgan fingerprint density at radius 3 is 2.21 bits per heavy atom. The summed E-state index contributed by atoms with van der Waals surface area (Å²) in [5, 5.41) is 32.8. The summed E-state index contributed by atoms with van der Waals surface area (Å²) in [4.78, 5) is 23.3. The summed E-state index contributed by atoms with van der Waals surface area (Å²) in [5.41, 5.74) is 7.35. The van der Waals surface area contributed by atoms with E-state index in [1.807, 2.05) is 6.92 Å². The van der Waals surface area contributed by atoms with E-state index < -0.39 is 12.1 Å². The number of aliphatic hydroxyl groups is 1. The lowest BCUT2D eigenvalue weighted by Gasteiger charge is -2.20. The maximum absolute atomic E-state index is 11.7. The quantitative estimate of drug-likeness (QED) is 0.379. The monoisotopic (exact) mass is 466 g/mol. The molecule has 0 amide bonds. The molecule has 34 heavy (non-hydrogen) atoms. The molecule has 0 fully saturated rings. The topological polar surface area (TPSA) is 123 Å². The van der Waals surface area contributed by atoms with Crippen molar-refractivity contribution in [3.63, 3.8) is 0 Å². The summed E-state index contributed by atoms with van der Waals surface area (Å²) in [6.07, 6.45) is 3.33. The van der Waals surface area contributed by atoms with Crippen molar-refractivity contribution in [2.45, 2.75) is 65.5 Å². The first-order chi connectivity index (χ1) is 16.1. The van der Waals surface area contributed by atoms with Crippen molar-refractivity contribution >= 4 is 16.9 Å². The number of fused-ring (bicyclic) bond motifs is 2. The molecule has 1 aromatic heterocycles. The molecule has 4 rings (SSSR count). The summed E-state index contributed by atoms with van der Waals surface area (Å²) in [5.74, 6) is -0.811. The zero-order valence-corrected chi connectivity index (χ0v) is 20.2. The molecule has 0 bridgehead atoms. The molecule has 7 heteroatoms. The van der Waals surface area contributed by atoms with Crippen molar-refractivity contribution in [2.24, 2.45) is 0 Å². The Bertz CT molecular complexity index is 1210. The van der Waals surface area contributed by atoms with Gasteiger partial charge in [0, 0.05) is 31.0 Å². The fourth-order valence-electron chi connectivity index (χ4n) is 4.87. The van der Waals surface area contributed by atoms with Gasteiger partial charge in [-0.3, -0.25) is 9.59 Å². The summed E-state index contributed by atoms with van der Waals surface area (Å²) < 4.78 is 0. The average Bonchev–Trinajstić information content (AvgIpc) is 3.18. The van der Waals surface area contributed by atoms with Crippen LogP contribution in [0, 0.1) is 6.92 Å². The number of aliphatic hydroxyl groups excluding tert-OH is 1. The Kier molecular flexibility index (Phi) is 8.12. The van der Waals surface area contributed by atoms with E-state index >= 15 is 0 Å². The molecule has 0 saturated carbocycles. The number of aromatic nitrogens is 1. The van der Waals surface area contributed by atoms with Crippen molar-refractivity contribution in [3.05, 3.63) is 74.1 Å². The number of carboxylic acids is 1. The molecule has 1 aliphatic rings. The number of aryl methyl sites for hydroxylation is 3. The van der Waals surface area contributed by atoms with Gasteiger partial charge in [-0.15, -0.1) is 0 Å². The molecule has 1 heterocycles. The molecule has 0 radical (unpaired) electrons. The molecule has 1 atom stereocenters. The minimum atomic E-state index is -0.833. The first kappa shape index (κ1) is 25.5. The van der Waals surface area contributed by atoms with Crippen LogP contribution >= 0.6 is 0 Å². The van der Waals surface area contributed by atoms with Crippen molar-refractivity contribution < 1.29 is 20.1 Å². The van der Waals surface area contributed by atoms with Gasteiger partial charge >= 0.3 is 0 Å². The SMILES string of the molecule is CC(=O)O.CCc1cc2c(cc1CC)CC(NCC(O)c1c(C)cc(O)c3[nH]c(=O)ccc13)C2. The Labute approximate surface area is 199 Å². The lowest BCUT2D eigenvalue weighted by molar-refractivity contribution is -0.134. The van der Waals surface area contributed by atoms with Crippen LogP contribution in [0.5, 0.6) is 5.75 Å². The number of phenolic OH excluding ortho intramolecular Hbond substituents is 1. The van der Waals surface area contributed by atoms with Gasteiger partial charge in [-0.2, -0.15) is 0 Å². The van der Waals surface area contributed by atoms with E-state index in [9.17, 15) is 15.0 Å². The second-order valence-electron chi connectivity index (χ2n) is 8.88. The molecule has 1 aliphatic carbocycles. The maximum atomic E-state index is 11.7. The first-order valence-corrected chi connectivity index (χ1v) is 11.7. The third-order valence-electron chi connectivity index (χ3n) is 6.39. The van der Waals surface area contributed by atoms with Crippen molar-refractivity contribution in [2.75, 3.05) is 6.54 Å². The molecule has 0 saturated heterocycles. The molecule has 3 aromatic rings. The van der Waals surface area contributed by atoms with Crippen LogP contribution in [0.1, 0.15) is 60.3 Å². The van der Waals surface area contributed by atoms with E-state index in [4.69, 9.17) is 9.90 Å². The lowest BCUT2D eigenvalue weighted by Crippen LogP contribution is -2.33. The summed E-state index contributed by atoms with van der Waals surface area (Å²) in [6.45, 7) is 7.78. The molecule has 1 unspecified atom stereocenters. The molecular formula is C27H34N2O5. The lowest BCUT2D eigenvalue weighted by atomic mass is 9.97. The third kappa shape index (κ3) is 5.66. The highest BCUT2D eigenvalue weighted by atomic mass is 16.4. The van der Waals surface area contributed by atoms with Crippen LogP contribution < -0.4 is 10.9 Å². The number of aliphatic carboxylic acids is 1. The number of benzene rings is 2. The molecular weight excluding hydrogens is 432 g/mol. The van der Waals surface area contributed by atoms with Crippen LogP contribution in [0.25, 0.3) is 10.9 Å². The van der Waals surface area contributed by atoms with Gasteiger partial charge in [0.15, 0.2) is 0 Å². The second-order valence-corrected chi connectivity index (χ2v) is 8.88. The van der Waals surface area contributed by atoms with Gasteiger partial charge in [-0.25, -0.2) is 0 Å². The fourth-order valence-corrected chi connectivity index (χ4v) is 4.87. The van der Waals surface area contributed by atoms with E-state index in [0.29, 0.717) is 23.5 Å². The van der Waals surface area contributed by atoms with Crippen molar-refractivity contribution in [1.29, 1.82) is 0 Å². The van der Waals surface area contributed by atoms with Crippen molar-refractivity contribution in [3.8, 4) is 5.75 Å². The van der Waals surface area contributed by atoms with Crippen LogP contribution in [-0.2, 0) is 30.5 Å². The minimum Gasteiger partial charge on any atom is -0.506 e. The number of carbonyl (C=O) groups is 1. The van der Waals surface area contributed by atoms with Gasteiger partial charge in [0.25, 0.3) is 5.97 Å². The Morgan fingerprint density at radius 2 is 1.68 bits per heavy atom. The van der Waals surface area contributed by atoms with E-state index in [2.05, 4.69) is 36.3 Å². The van der Waals surface area contributed by atoms with Crippen LogP contribution in [0.2, 0.25) is 0 Å². The molecule has 7 nitrogen and oxygen atoms in total. The summed E-state index contributed by atoms with van der Waals surface area (Å²) in [6, 6.07) is 9.72. The Morgan fingerprint density at radius 1 is 1.12 bits per heavy atom. The number of carboxylic acid groups (broad SMARTS) is 1. The number of aromatic amines is 1. The van der Waals surface area contributed by atoms with Crippen molar-refractivity contribution in [1.82, 2.24) is 10.3 Å². The van der Waals surface area contributed by atoms with Crippen LogP contribution in [0.15, 0.2) is 35.1 Å². The largest absolute Gasteiger partial charge is 0.506 e. The van der Waals surface area contributed by atoms with E-state index in [0.717, 1.165) is 43.7 Å². The standard InChI is InChI=1S/C25H30N2O3.C2H4O2/c1-4-15-9-17-11-19(12-18(17)10-16(15)5-2)26-13-22(29)24-14(3)8-21(28)25-20(24)6-7-23(30)27-25;1-2(3)4/h6-10,19,22,26,28-29H,4-5,11-13H2,1-3H3,(H,27,30);1H3,(H,3,4). The fraction of sp³-hybridized carbons (Fsp3) is 0.407. The Balaban J connectivity index is 0.000000751. The highest BCUT2D eigenvalue weighted by molar-refractivity contribution is 5.88. The Hall–Kier alpha value is -3.16. The van der Waals surface area contributed by atoms with Gasteiger partial charge < -0.3 is 25.6 Å². The summed E-state index contributed by atoms with van der Waals surface area (Å²) >= 11 is 0. The highest BCUT2D eigenvalue weighted by Gasteiger charge is 2.24. The molecule has 0 aliphatic heterocycles. The zero-order valence-electron chi connectivity index (χ0n) is 20.2. The number of phenols is 1.